The van der Waals surface area contributed by atoms with Crippen molar-refractivity contribution in [3.05, 3.63) is 0 Å². The van der Waals surface area contributed by atoms with E-state index in [1.54, 1.807) is 0 Å². The summed E-state index contributed by atoms with van der Waals surface area (Å²) in [5.41, 5.74) is 0. The Morgan fingerprint density at radius 3 is 2.41 bits per heavy atom. The van der Waals surface area contributed by atoms with Crippen LogP contribution in [0.3, 0.4) is 0 Å². The molecule has 1 fully saturated rings. The van der Waals surface area contributed by atoms with Gasteiger partial charge < -0.3 is 5.32 Å². The van der Waals surface area contributed by atoms with Crippen molar-refractivity contribution in [1.82, 2.24) is 5.32 Å². The van der Waals surface area contributed by atoms with E-state index in [0.717, 1.165) is 17.9 Å². The fourth-order valence-corrected chi connectivity index (χ4v) is 3.23. The third-order valence-electron chi connectivity index (χ3n) is 4.36. The summed E-state index contributed by atoms with van der Waals surface area (Å²) in [6.07, 6.45) is 12.7. The van der Waals surface area contributed by atoms with Crippen molar-refractivity contribution >= 4 is 0 Å². The summed E-state index contributed by atoms with van der Waals surface area (Å²) >= 11 is 0. The number of unbranched alkanes of at least 4 members (excludes halogenated alkanes) is 4. The van der Waals surface area contributed by atoms with Crippen molar-refractivity contribution in [2.75, 3.05) is 6.54 Å². The van der Waals surface area contributed by atoms with Crippen molar-refractivity contribution in [2.24, 2.45) is 11.8 Å². The monoisotopic (exact) mass is 239 g/mol. The first-order valence-electron chi connectivity index (χ1n) is 7.99. The second-order valence-corrected chi connectivity index (χ2v) is 6.17. The number of nitrogens with one attached hydrogen (secondary N) is 1. The molecule has 2 unspecified atom stereocenters. The van der Waals surface area contributed by atoms with E-state index in [1.165, 1.54) is 64.3 Å². The molecule has 0 aromatic rings. The highest BCUT2D eigenvalue weighted by Gasteiger charge is 2.26. The molecule has 1 nitrogen and oxygen atoms in total. The average Bonchev–Trinajstić information content (AvgIpc) is 2.34. The highest BCUT2D eigenvalue weighted by Crippen LogP contribution is 2.30. The molecule has 1 N–H and O–H groups in total. The maximum atomic E-state index is 3.83. The fraction of sp³-hybridized carbons (Fsp3) is 1.00. The van der Waals surface area contributed by atoms with Crippen LogP contribution in [0.1, 0.15) is 78.6 Å². The predicted octanol–water partition coefficient (Wildman–Crippen LogP) is 4.76. The SMILES string of the molecule is CCCCCCCNC1CCCCC1C(C)C. The molecule has 2 atom stereocenters. The van der Waals surface area contributed by atoms with Crippen LogP contribution in [0.2, 0.25) is 0 Å². The summed E-state index contributed by atoms with van der Waals surface area (Å²) < 4.78 is 0. The lowest BCUT2D eigenvalue weighted by atomic mass is 9.78. The maximum Gasteiger partial charge on any atom is 0.00977 e. The third-order valence-corrected chi connectivity index (χ3v) is 4.36. The number of hydrogen-bond acceptors (Lipinski definition) is 1. The summed E-state index contributed by atoms with van der Waals surface area (Å²) in [6, 6.07) is 0.815. The van der Waals surface area contributed by atoms with Gasteiger partial charge in [-0.1, -0.05) is 59.3 Å². The van der Waals surface area contributed by atoms with Gasteiger partial charge in [-0.25, -0.2) is 0 Å². The first-order chi connectivity index (χ1) is 8.25. The standard InChI is InChI=1S/C16H33N/c1-4-5-6-7-10-13-17-16-12-9-8-11-15(16)14(2)3/h14-17H,4-13H2,1-3H3. The third kappa shape index (κ3) is 5.90. The van der Waals surface area contributed by atoms with Gasteiger partial charge in [0.15, 0.2) is 0 Å². The van der Waals surface area contributed by atoms with Crippen LogP contribution >= 0.6 is 0 Å². The molecule has 1 saturated carbocycles. The normalized spacial score (nSPS) is 25.4. The lowest BCUT2D eigenvalue weighted by Crippen LogP contribution is -2.41. The van der Waals surface area contributed by atoms with Crippen LogP contribution in [0, 0.1) is 11.8 Å². The molecule has 0 saturated heterocycles. The van der Waals surface area contributed by atoms with Crippen LogP contribution in [0.25, 0.3) is 0 Å². The average molecular weight is 239 g/mol. The van der Waals surface area contributed by atoms with Crippen LogP contribution in [-0.4, -0.2) is 12.6 Å². The largest absolute Gasteiger partial charge is 0.314 e. The molecule has 0 heterocycles. The van der Waals surface area contributed by atoms with Crippen molar-refractivity contribution in [3.8, 4) is 0 Å². The zero-order chi connectivity index (χ0) is 12.5. The van der Waals surface area contributed by atoms with Crippen molar-refractivity contribution in [2.45, 2.75) is 84.6 Å². The van der Waals surface area contributed by atoms with Crippen LogP contribution in [0.5, 0.6) is 0 Å². The molecule has 17 heavy (non-hydrogen) atoms. The highest BCUT2D eigenvalue weighted by molar-refractivity contribution is 4.82. The Kier molecular flexibility index (Phi) is 7.92. The van der Waals surface area contributed by atoms with E-state index >= 15 is 0 Å². The van der Waals surface area contributed by atoms with E-state index in [-0.39, 0.29) is 0 Å². The van der Waals surface area contributed by atoms with Crippen molar-refractivity contribution in [1.29, 1.82) is 0 Å². The first kappa shape index (κ1) is 15.0. The topological polar surface area (TPSA) is 12.0 Å². The van der Waals surface area contributed by atoms with Gasteiger partial charge in [-0.2, -0.15) is 0 Å². The van der Waals surface area contributed by atoms with Crippen LogP contribution in [-0.2, 0) is 0 Å². The second kappa shape index (κ2) is 8.97. The zero-order valence-corrected chi connectivity index (χ0v) is 12.3. The Morgan fingerprint density at radius 2 is 1.71 bits per heavy atom. The number of rotatable bonds is 8. The molecule has 0 aliphatic heterocycles. The van der Waals surface area contributed by atoms with E-state index in [2.05, 4.69) is 26.1 Å². The first-order valence-corrected chi connectivity index (χ1v) is 7.99. The molecule has 0 aromatic heterocycles. The predicted molar refractivity (Wildman–Crippen MR) is 77.3 cm³/mol. The summed E-state index contributed by atoms with van der Waals surface area (Å²) in [7, 11) is 0. The lowest BCUT2D eigenvalue weighted by Gasteiger charge is -2.35. The molecule has 0 bridgehead atoms. The fourth-order valence-electron chi connectivity index (χ4n) is 3.23. The second-order valence-electron chi connectivity index (χ2n) is 6.17. The molecule has 1 aliphatic rings. The van der Waals surface area contributed by atoms with Gasteiger partial charge in [0.2, 0.25) is 0 Å². The maximum absolute atomic E-state index is 3.83. The van der Waals surface area contributed by atoms with Gasteiger partial charge in [-0.3, -0.25) is 0 Å². The van der Waals surface area contributed by atoms with Gasteiger partial charge in [-0.05, 0) is 37.6 Å². The van der Waals surface area contributed by atoms with Crippen LogP contribution < -0.4 is 5.32 Å². The molecule has 102 valence electrons. The summed E-state index contributed by atoms with van der Waals surface area (Å²) in [6.45, 7) is 8.32. The quantitative estimate of drug-likeness (QED) is 0.602. The van der Waals surface area contributed by atoms with Gasteiger partial charge in [0, 0.05) is 6.04 Å². The van der Waals surface area contributed by atoms with E-state index in [9.17, 15) is 0 Å². The Balaban J connectivity index is 2.11. The minimum Gasteiger partial charge on any atom is -0.314 e. The molecular formula is C16H33N. The lowest BCUT2D eigenvalue weighted by molar-refractivity contribution is 0.205. The van der Waals surface area contributed by atoms with Crippen molar-refractivity contribution in [3.63, 3.8) is 0 Å². The minimum absolute atomic E-state index is 0.815. The van der Waals surface area contributed by atoms with Crippen LogP contribution in [0.4, 0.5) is 0 Å². The summed E-state index contributed by atoms with van der Waals surface area (Å²) in [5.74, 6) is 1.78. The molecule has 1 aliphatic carbocycles. The minimum atomic E-state index is 0.815. The molecule has 0 spiro atoms. The molecule has 0 amide bonds. The summed E-state index contributed by atoms with van der Waals surface area (Å²) in [5, 5.41) is 3.83. The Bertz CT molecular complexity index is 176. The molecule has 0 aromatic carbocycles. The van der Waals surface area contributed by atoms with Gasteiger partial charge in [0.25, 0.3) is 0 Å². The van der Waals surface area contributed by atoms with E-state index in [0.29, 0.717) is 0 Å². The van der Waals surface area contributed by atoms with E-state index in [1.807, 2.05) is 0 Å². The van der Waals surface area contributed by atoms with Gasteiger partial charge in [0.05, 0.1) is 0 Å². The van der Waals surface area contributed by atoms with Gasteiger partial charge in [-0.15, -0.1) is 0 Å². The molecular weight excluding hydrogens is 206 g/mol. The Hall–Kier alpha value is -0.0400. The van der Waals surface area contributed by atoms with Crippen molar-refractivity contribution < 1.29 is 0 Å². The molecule has 1 heteroatoms. The highest BCUT2D eigenvalue weighted by atomic mass is 14.9. The van der Waals surface area contributed by atoms with Crippen LogP contribution in [0.15, 0.2) is 0 Å². The van der Waals surface area contributed by atoms with E-state index in [4.69, 9.17) is 0 Å². The van der Waals surface area contributed by atoms with E-state index < -0.39 is 0 Å². The smallest absolute Gasteiger partial charge is 0.00977 e. The number of hydrogen-bond donors (Lipinski definition) is 1. The van der Waals surface area contributed by atoms with Gasteiger partial charge in [0.1, 0.15) is 0 Å². The molecule has 1 rings (SSSR count). The summed E-state index contributed by atoms with van der Waals surface area (Å²) in [4.78, 5) is 0. The molecule has 0 radical (unpaired) electrons. The zero-order valence-electron chi connectivity index (χ0n) is 12.3. The van der Waals surface area contributed by atoms with Gasteiger partial charge >= 0.3 is 0 Å². The Labute approximate surface area is 109 Å². The Morgan fingerprint density at radius 1 is 1.00 bits per heavy atom.